The van der Waals surface area contributed by atoms with Crippen LogP contribution in [-0.4, -0.2) is 25.0 Å². The van der Waals surface area contributed by atoms with Gasteiger partial charge in [0.1, 0.15) is 0 Å². The molecule has 2 aromatic rings. The summed E-state index contributed by atoms with van der Waals surface area (Å²) in [6, 6.07) is 8.80. The smallest absolute Gasteiger partial charge is 0.257 e. The van der Waals surface area contributed by atoms with Crippen LogP contribution in [0.3, 0.4) is 0 Å². The summed E-state index contributed by atoms with van der Waals surface area (Å²) in [5.41, 5.74) is 8.24. The molecule has 1 amide bonds. The molecule has 5 heteroatoms. The summed E-state index contributed by atoms with van der Waals surface area (Å²) in [5, 5.41) is 2.83. The van der Waals surface area contributed by atoms with Crippen molar-refractivity contribution in [2.75, 3.05) is 30.0 Å². The third-order valence-corrected chi connectivity index (χ3v) is 2.73. The van der Waals surface area contributed by atoms with E-state index in [1.165, 1.54) is 0 Å². The second-order valence-electron chi connectivity index (χ2n) is 4.33. The van der Waals surface area contributed by atoms with Gasteiger partial charge in [0.25, 0.3) is 5.91 Å². The Morgan fingerprint density at radius 1 is 1.26 bits per heavy atom. The van der Waals surface area contributed by atoms with E-state index >= 15 is 0 Å². The standard InChI is InChI=1S/C14H16N4O/c1-18(2)13-7-8-16-9-12(13)17-14(19)10-5-3-4-6-11(10)15/h3-9H,15H2,1-2H3,(H,17,19). The maximum Gasteiger partial charge on any atom is 0.257 e. The molecule has 0 bridgehead atoms. The summed E-state index contributed by atoms with van der Waals surface area (Å²) in [4.78, 5) is 18.1. The molecular formula is C14H16N4O. The molecule has 0 fully saturated rings. The first-order valence-corrected chi connectivity index (χ1v) is 5.87. The van der Waals surface area contributed by atoms with Gasteiger partial charge in [0.05, 0.1) is 23.1 Å². The minimum atomic E-state index is -0.241. The number of nitrogens with zero attached hydrogens (tertiary/aromatic N) is 2. The number of pyridine rings is 1. The van der Waals surface area contributed by atoms with Crippen LogP contribution >= 0.6 is 0 Å². The van der Waals surface area contributed by atoms with E-state index in [-0.39, 0.29) is 5.91 Å². The quantitative estimate of drug-likeness (QED) is 0.824. The molecule has 1 aromatic carbocycles. The average Bonchev–Trinajstić information content (AvgIpc) is 2.39. The largest absolute Gasteiger partial charge is 0.398 e. The first-order valence-electron chi connectivity index (χ1n) is 5.87. The minimum absolute atomic E-state index is 0.241. The van der Waals surface area contributed by atoms with E-state index in [2.05, 4.69) is 10.3 Å². The van der Waals surface area contributed by atoms with Gasteiger partial charge in [0.15, 0.2) is 0 Å². The summed E-state index contributed by atoms with van der Waals surface area (Å²) in [6.07, 6.45) is 3.30. The highest BCUT2D eigenvalue weighted by atomic mass is 16.1. The van der Waals surface area contributed by atoms with Crippen LogP contribution in [0.4, 0.5) is 17.1 Å². The normalized spacial score (nSPS) is 10.0. The van der Waals surface area contributed by atoms with Crippen molar-refractivity contribution < 1.29 is 4.79 Å². The van der Waals surface area contributed by atoms with Crippen molar-refractivity contribution in [3.63, 3.8) is 0 Å². The summed E-state index contributed by atoms with van der Waals surface area (Å²) >= 11 is 0. The van der Waals surface area contributed by atoms with Crippen LogP contribution in [0.2, 0.25) is 0 Å². The lowest BCUT2D eigenvalue weighted by molar-refractivity contribution is 0.102. The molecule has 1 aromatic heterocycles. The van der Waals surface area contributed by atoms with Gasteiger partial charge in [-0.3, -0.25) is 9.78 Å². The van der Waals surface area contributed by atoms with E-state index in [0.29, 0.717) is 16.9 Å². The van der Waals surface area contributed by atoms with Gasteiger partial charge < -0.3 is 16.0 Å². The summed E-state index contributed by atoms with van der Waals surface area (Å²) in [6.45, 7) is 0. The van der Waals surface area contributed by atoms with Crippen molar-refractivity contribution in [3.05, 3.63) is 48.3 Å². The number of aromatic nitrogens is 1. The lowest BCUT2D eigenvalue weighted by atomic mass is 10.1. The van der Waals surface area contributed by atoms with E-state index in [4.69, 9.17) is 5.73 Å². The molecule has 0 radical (unpaired) electrons. The van der Waals surface area contributed by atoms with Gasteiger partial charge in [0, 0.05) is 26.0 Å². The van der Waals surface area contributed by atoms with E-state index in [9.17, 15) is 4.79 Å². The van der Waals surface area contributed by atoms with E-state index in [1.54, 1.807) is 36.7 Å². The number of anilines is 3. The molecule has 1 heterocycles. The maximum absolute atomic E-state index is 12.2. The van der Waals surface area contributed by atoms with Crippen LogP contribution in [0.25, 0.3) is 0 Å². The topological polar surface area (TPSA) is 71.2 Å². The second kappa shape index (κ2) is 5.39. The zero-order valence-electron chi connectivity index (χ0n) is 10.9. The fourth-order valence-electron chi connectivity index (χ4n) is 1.77. The predicted molar refractivity (Wildman–Crippen MR) is 77.4 cm³/mol. The van der Waals surface area contributed by atoms with Crippen LogP contribution in [-0.2, 0) is 0 Å². The zero-order valence-corrected chi connectivity index (χ0v) is 10.9. The van der Waals surface area contributed by atoms with Crippen molar-refractivity contribution in [2.24, 2.45) is 0 Å². The van der Waals surface area contributed by atoms with Crippen LogP contribution in [0.15, 0.2) is 42.7 Å². The Balaban J connectivity index is 2.27. The van der Waals surface area contributed by atoms with Gasteiger partial charge in [-0.2, -0.15) is 0 Å². The molecule has 0 aliphatic rings. The van der Waals surface area contributed by atoms with Crippen molar-refractivity contribution >= 4 is 23.0 Å². The van der Waals surface area contributed by atoms with Crippen molar-refractivity contribution in [1.82, 2.24) is 4.98 Å². The number of carbonyl (C=O) groups excluding carboxylic acids is 1. The van der Waals surface area contributed by atoms with Gasteiger partial charge in [-0.05, 0) is 18.2 Å². The number of nitrogen functional groups attached to an aromatic ring is 1. The molecule has 0 saturated heterocycles. The van der Waals surface area contributed by atoms with Crippen LogP contribution < -0.4 is 16.0 Å². The number of carbonyl (C=O) groups is 1. The Kier molecular flexibility index (Phi) is 3.66. The predicted octanol–water partition coefficient (Wildman–Crippen LogP) is 1.98. The molecule has 0 unspecified atom stereocenters. The highest BCUT2D eigenvalue weighted by Crippen LogP contribution is 2.23. The monoisotopic (exact) mass is 256 g/mol. The van der Waals surface area contributed by atoms with Crippen molar-refractivity contribution in [2.45, 2.75) is 0 Å². The van der Waals surface area contributed by atoms with Crippen molar-refractivity contribution in [3.8, 4) is 0 Å². The Hall–Kier alpha value is -2.56. The summed E-state index contributed by atoms with van der Waals surface area (Å²) < 4.78 is 0. The SMILES string of the molecule is CN(C)c1ccncc1NC(=O)c1ccccc1N. The molecule has 0 aliphatic heterocycles. The highest BCUT2D eigenvalue weighted by molar-refractivity contribution is 6.08. The molecule has 98 valence electrons. The number of rotatable bonds is 3. The van der Waals surface area contributed by atoms with Gasteiger partial charge in [-0.15, -0.1) is 0 Å². The molecule has 0 aliphatic carbocycles. The van der Waals surface area contributed by atoms with Gasteiger partial charge in [-0.1, -0.05) is 12.1 Å². The summed E-state index contributed by atoms with van der Waals surface area (Å²) in [7, 11) is 3.81. The van der Waals surface area contributed by atoms with E-state index in [0.717, 1.165) is 5.69 Å². The average molecular weight is 256 g/mol. The molecule has 19 heavy (non-hydrogen) atoms. The highest BCUT2D eigenvalue weighted by Gasteiger charge is 2.12. The number of amides is 1. The number of hydrogen-bond acceptors (Lipinski definition) is 4. The third kappa shape index (κ3) is 2.82. The Morgan fingerprint density at radius 3 is 2.68 bits per heavy atom. The molecule has 0 saturated carbocycles. The number of nitrogens with two attached hydrogens (primary N) is 1. The lowest BCUT2D eigenvalue weighted by Gasteiger charge is -2.17. The van der Waals surface area contributed by atoms with E-state index in [1.807, 2.05) is 25.1 Å². The number of hydrogen-bond donors (Lipinski definition) is 2. The molecule has 3 N–H and O–H groups in total. The minimum Gasteiger partial charge on any atom is -0.398 e. The van der Waals surface area contributed by atoms with Crippen LogP contribution in [0.1, 0.15) is 10.4 Å². The van der Waals surface area contributed by atoms with Crippen LogP contribution in [0.5, 0.6) is 0 Å². The lowest BCUT2D eigenvalue weighted by Crippen LogP contribution is -2.17. The Morgan fingerprint density at radius 2 is 2.00 bits per heavy atom. The first-order chi connectivity index (χ1) is 9.09. The van der Waals surface area contributed by atoms with Crippen molar-refractivity contribution in [1.29, 1.82) is 0 Å². The summed E-state index contributed by atoms with van der Waals surface area (Å²) in [5.74, 6) is -0.241. The molecule has 0 atom stereocenters. The van der Waals surface area contributed by atoms with E-state index < -0.39 is 0 Å². The number of benzene rings is 1. The zero-order chi connectivity index (χ0) is 13.8. The Labute approximate surface area is 112 Å². The van der Waals surface area contributed by atoms with Crippen LogP contribution in [0, 0.1) is 0 Å². The molecule has 5 nitrogen and oxygen atoms in total. The molecule has 2 rings (SSSR count). The number of para-hydroxylation sites is 1. The van der Waals surface area contributed by atoms with Gasteiger partial charge in [-0.25, -0.2) is 0 Å². The van der Waals surface area contributed by atoms with Gasteiger partial charge in [0.2, 0.25) is 0 Å². The Bertz CT molecular complexity index is 596. The van der Waals surface area contributed by atoms with Gasteiger partial charge >= 0.3 is 0 Å². The fraction of sp³-hybridized carbons (Fsp3) is 0.143. The second-order valence-corrected chi connectivity index (χ2v) is 4.33. The molecular weight excluding hydrogens is 240 g/mol. The third-order valence-electron chi connectivity index (χ3n) is 2.73. The number of nitrogens with one attached hydrogen (secondary N) is 1. The fourth-order valence-corrected chi connectivity index (χ4v) is 1.77. The maximum atomic E-state index is 12.2. The first kappa shape index (κ1) is 12.9. The molecule has 0 spiro atoms.